The Balaban J connectivity index is 2.53. The fourth-order valence-corrected chi connectivity index (χ4v) is 4.11. The summed E-state index contributed by atoms with van der Waals surface area (Å²) < 4.78 is 39.1. The molecule has 0 aromatic heterocycles. The van der Waals surface area contributed by atoms with Gasteiger partial charge in [0.05, 0.1) is 17.0 Å². The number of hydrogen-bond acceptors (Lipinski definition) is 5. The van der Waals surface area contributed by atoms with E-state index in [1.807, 2.05) is 0 Å². The summed E-state index contributed by atoms with van der Waals surface area (Å²) in [7, 11) is -4.22. The molecule has 1 aliphatic heterocycles. The van der Waals surface area contributed by atoms with E-state index in [1.54, 1.807) is 0 Å². The number of nitro groups is 1. The summed E-state index contributed by atoms with van der Waals surface area (Å²) >= 11 is 0. The summed E-state index contributed by atoms with van der Waals surface area (Å²) in [5, 5.41) is 10.9. The molecule has 2 rings (SSSR count). The van der Waals surface area contributed by atoms with Crippen LogP contribution in [-0.4, -0.2) is 36.5 Å². The molecule has 1 aromatic carbocycles. The average molecular weight is 316 g/mol. The zero-order chi connectivity index (χ0) is 15.6. The van der Waals surface area contributed by atoms with Gasteiger partial charge < -0.3 is 4.79 Å². The third-order valence-electron chi connectivity index (χ3n) is 3.36. The lowest BCUT2D eigenvalue weighted by Crippen LogP contribution is -2.44. The number of halogens is 1. The van der Waals surface area contributed by atoms with E-state index in [9.17, 15) is 27.7 Å². The average Bonchev–Trinajstić information content (AvgIpc) is 2.46. The molecule has 0 bridgehead atoms. The zero-order valence-electron chi connectivity index (χ0n) is 10.9. The van der Waals surface area contributed by atoms with E-state index in [1.165, 1.54) is 0 Å². The molecule has 9 heteroatoms. The van der Waals surface area contributed by atoms with E-state index in [4.69, 9.17) is 0 Å². The molecule has 1 heterocycles. The van der Waals surface area contributed by atoms with Crippen LogP contribution in [0, 0.1) is 15.9 Å². The van der Waals surface area contributed by atoms with Gasteiger partial charge in [0.25, 0.3) is 15.7 Å². The molecule has 0 aliphatic carbocycles. The maximum atomic E-state index is 13.1. The molecule has 0 saturated carbocycles. The smallest absolute Gasteiger partial charge is 0.292 e. The van der Waals surface area contributed by atoms with Crippen molar-refractivity contribution in [1.82, 2.24) is 4.31 Å². The van der Waals surface area contributed by atoms with Crippen molar-refractivity contribution >= 4 is 22.0 Å². The van der Waals surface area contributed by atoms with Crippen molar-refractivity contribution < 1.29 is 22.5 Å². The summed E-state index contributed by atoms with van der Waals surface area (Å²) in [6.45, 7) is 0.111. The Morgan fingerprint density at radius 2 is 2.10 bits per heavy atom. The van der Waals surface area contributed by atoms with Gasteiger partial charge in [0.1, 0.15) is 12.1 Å². The third kappa shape index (κ3) is 2.93. The van der Waals surface area contributed by atoms with Crippen LogP contribution in [0.15, 0.2) is 23.1 Å². The molecule has 1 unspecified atom stereocenters. The number of piperidine rings is 1. The van der Waals surface area contributed by atoms with Crippen molar-refractivity contribution in [2.24, 2.45) is 0 Å². The zero-order valence-corrected chi connectivity index (χ0v) is 11.8. The van der Waals surface area contributed by atoms with Gasteiger partial charge >= 0.3 is 0 Å². The SMILES string of the molecule is O=CC1CCCCN1S(=O)(=O)c1ccc(F)cc1[N+](=O)[O-]. The molecule has 1 aliphatic rings. The predicted molar refractivity (Wildman–Crippen MR) is 70.6 cm³/mol. The Labute approximate surface area is 120 Å². The summed E-state index contributed by atoms with van der Waals surface area (Å²) in [5.41, 5.74) is -0.828. The van der Waals surface area contributed by atoms with Gasteiger partial charge in [0.15, 0.2) is 4.90 Å². The van der Waals surface area contributed by atoms with Crippen molar-refractivity contribution in [2.45, 2.75) is 30.2 Å². The van der Waals surface area contributed by atoms with Crippen molar-refractivity contribution in [3.05, 3.63) is 34.1 Å². The number of sulfonamides is 1. The van der Waals surface area contributed by atoms with Crippen LogP contribution in [0.5, 0.6) is 0 Å². The summed E-state index contributed by atoms with van der Waals surface area (Å²) in [6, 6.07) is 1.43. The van der Waals surface area contributed by atoms with E-state index in [-0.39, 0.29) is 6.54 Å². The fraction of sp³-hybridized carbons (Fsp3) is 0.417. The Morgan fingerprint density at radius 3 is 2.71 bits per heavy atom. The molecule has 0 amide bonds. The second-order valence-electron chi connectivity index (χ2n) is 4.68. The maximum Gasteiger partial charge on any atom is 0.292 e. The highest BCUT2D eigenvalue weighted by Gasteiger charge is 2.37. The maximum absolute atomic E-state index is 13.1. The number of nitrogens with zero attached hydrogens (tertiary/aromatic N) is 2. The van der Waals surface area contributed by atoms with Gasteiger partial charge in [-0.15, -0.1) is 0 Å². The van der Waals surface area contributed by atoms with E-state index in [0.717, 1.165) is 16.4 Å². The largest absolute Gasteiger partial charge is 0.302 e. The Kier molecular flexibility index (Phi) is 4.33. The number of carbonyl (C=O) groups is 1. The fourth-order valence-electron chi connectivity index (χ4n) is 2.34. The molecule has 114 valence electrons. The normalized spacial score (nSPS) is 20.1. The van der Waals surface area contributed by atoms with Gasteiger partial charge in [0, 0.05) is 6.54 Å². The Morgan fingerprint density at radius 1 is 1.38 bits per heavy atom. The first kappa shape index (κ1) is 15.5. The molecule has 0 radical (unpaired) electrons. The Hall–Kier alpha value is -1.87. The van der Waals surface area contributed by atoms with Crippen molar-refractivity contribution in [3.63, 3.8) is 0 Å². The summed E-state index contributed by atoms with van der Waals surface area (Å²) in [5.74, 6) is -0.897. The second-order valence-corrected chi connectivity index (χ2v) is 6.54. The lowest BCUT2D eigenvalue weighted by molar-refractivity contribution is -0.388. The van der Waals surface area contributed by atoms with Crippen LogP contribution in [0.4, 0.5) is 10.1 Å². The highest BCUT2D eigenvalue weighted by atomic mass is 32.2. The Bertz CT molecular complexity index is 676. The standard InChI is InChI=1S/C12H13FN2O5S/c13-9-4-5-12(11(7-9)15(17)18)21(19,20)14-6-2-1-3-10(14)8-16/h4-5,7-8,10H,1-3,6H2. The molecule has 21 heavy (non-hydrogen) atoms. The quantitative estimate of drug-likeness (QED) is 0.476. The molecular formula is C12H13FN2O5S. The monoisotopic (exact) mass is 316 g/mol. The first-order valence-corrected chi connectivity index (χ1v) is 7.73. The van der Waals surface area contributed by atoms with Gasteiger partial charge in [-0.1, -0.05) is 6.42 Å². The molecule has 0 N–H and O–H groups in total. The number of nitro benzene ring substituents is 1. The van der Waals surface area contributed by atoms with Crippen LogP contribution >= 0.6 is 0 Å². The summed E-state index contributed by atoms with van der Waals surface area (Å²) in [6.07, 6.45) is 2.17. The number of aldehydes is 1. The number of rotatable bonds is 4. The highest BCUT2D eigenvalue weighted by molar-refractivity contribution is 7.89. The third-order valence-corrected chi connectivity index (χ3v) is 5.33. The minimum atomic E-state index is -4.22. The first-order chi connectivity index (χ1) is 9.87. The molecule has 1 atom stereocenters. The molecule has 7 nitrogen and oxygen atoms in total. The minimum Gasteiger partial charge on any atom is -0.302 e. The van der Waals surface area contributed by atoms with Gasteiger partial charge in [-0.2, -0.15) is 4.31 Å². The van der Waals surface area contributed by atoms with Gasteiger partial charge in [-0.25, -0.2) is 12.8 Å². The molecule has 1 fully saturated rings. The second kappa shape index (κ2) is 5.86. The number of benzene rings is 1. The molecule has 1 aromatic rings. The lowest BCUT2D eigenvalue weighted by atomic mass is 10.1. The van der Waals surface area contributed by atoms with Crippen molar-refractivity contribution in [2.75, 3.05) is 6.54 Å². The van der Waals surface area contributed by atoms with Crippen molar-refractivity contribution in [1.29, 1.82) is 0 Å². The first-order valence-electron chi connectivity index (χ1n) is 6.29. The van der Waals surface area contributed by atoms with Crippen molar-refractivity contribution in [3.8, 4) is 0 Å². The van der Waals surface area contributed by atoms with Gasteiger partial charge in [0.2, 0.25) is 0 Å². The summed E-state index contributed by atoms with van der Waals surface area (Å²) in [4.78, 5) is 20.4. The van der Waals surface area contributed by atoms with Crippen LogP contribution in [0.2, 0.25) is 0 Å². The molecule has 1 saturated heterocycles. The van der Waals surface area contributed by atoms with E-state index in [2.05, 4.69) is 0 Å². The van der Waals surface area contributed by atoms with Crippen LogP contribution in [-0.2, 0) is 14.8 Å². The van der Waals surface area contributed by atoms with Crippen LogP contribution in [0.3, 0.4) is 0 Å². The lowest BCUT2D eigenvalue weighted by Gasteiger charge is -2.30. The molecular weight excluding hydrogens is 303 g/mol. The number of carbonyl (C=O) groups excluding carboxylic acids is 1. The van der Waals surface area contributed by atoms with Crippen LogP contribution in [0.1, 0.15) is 19.3 Å². The van der Waals surface area contributed by atoms with Gasteiger partial charge in [-0.05, 0) is 25.0 Å². The highest BCUT2D eigenvalue weighted by Crippen LogP contribution is 2.30. The topological polar surface area (TPSA) is 97.6 Å². The number of hydrogen-bond donors (Lipinski definition) is 0. The van der Waals surface area contributed by atoms with Crippen LogP contribution < -0.4 is 0 Å². The molecule has 0 spiro atoms. The van der Waals surface area contributed by atoms with Gasteiger partial charge in [-0.3, -0.25) is 10.1 Å². The predicted octanol–water partition coefficient (Wildman–Crippen LogP) is 1.48. The van der Waals surface area contributed by atoms with E-state index in [0.29, 0.717) is 31.6 Å². The van der Waals surface area contributed by atoms with E-state index >= 15 is 0 Å². The minimum absolute atomic E-state index is 0.111. The van der Waals surface area contributed by atoms with E-state index < -0.39 is 37.4 Å². The van der Waals surface area contributed by atoms with Crippen LogP contribution in [0.25, 0.3) is 0 Å².